The highest BCUT2D eigenvalue weighted by Gasteiger charge is 2.15. The van der Waals surface area contributed by atoms with Crippen molar-refractivity contribution in [2.45, 2.75) is 27.7 Å². The first-order valence-corrected chi connectivity index (χ1v) is 8.29. The fraction of sp³-hybridized carbons (Fsp3) is 0.211. The third-order valence-electron chi connectivity index (χ3n) is 4.01. The number of aliphatic imine (C=N–C) groups is 1. The van der Waals surface area contributed by atoms with E-state index in [1.807, 2.05) is 52.0 Å². The molecule has 5 nitrogen and oxygen atoms in total. The number of nitrogens with zero attached hydrogens (tertiary/aromatic N) is 2. The molecule has 0 radical (unpaired) electrons. The van der Waals surface area contributed by atoms with Crippen LogP contribution in [0.1, 0.15) is 30.5 Å². The summed E-state index contributed by atoms with van der Waals surface area (Å²) in [4.78, 5) is 19.3. The predicted molar refractivity (Wildman–Crippen MR) is 103 cm³/mol. The summed E-state index contributed by atoms with van der Waals surface area (Å²) >= 11 is 5.27. The van der Waals surface area contributed by atoms with Crippen LogP contribution in [-0.2, 0) is 0 Å². The van der Waals surface area contributed by atoms with Crippen molar-refractivity contribution in [3.63, 3.8) is 0 Å². The van der Waals surface area contributed by atoms with E-state index >= 15 is 0 Å². The van der Waals surface area contributed by atoms with E-state index in [9.17, 15) is 9.90 Å². The lowest BCUT2D eigenvalue weighted by atomic mass is 10.1. The number of aromatic amines is 1. The third-order valence-corrected chi connectivity index (χ3v) is 4.30. The molecule has 0 spiro atoms. The molecule has 0 bridgehead atoms. The highest BCUT2D eigenvalue weighted by molar-refractivity contribution is 7.71. The van der Waals surface area contributed by atoms with E-state index in [0.717, 1.165) is 28.1 Å². The van der Waals surface area contributed by atoms with Crippen molar-refractivity contribution < 1.29 is 5.11 Å². The molecule has 0 aliphatic carbocycles. The van der Waals surface area contributed by atoms with Crippen LogP contribution in [0.3, 0.4) is 0 Å². The SMILES string of the molecule is CC1=C/C(=C/c2c(O)n(-c3cc(C)cc(C)c3)c(=S)[nH]c2=O)C(C)=N1. The summed E-state index contributed by atoms with van der Waals surface area (Å²) in [5.74, 6) is -0.183. The Morgan fingerprint density at radius 1 is 1.16 bits per heavy atom. The Morgan fingerprint density at radius 3 is 2.36 bits per heavy atom. The molecule has 2 N–H and O–H groups in total. The predicted octanol–water partition coefficient (Wildman–Crippen LogP) is 3.98. The Hall–Kier alpha value is -2.73. The number of nitrogens with one attached hydrogen (secondary N) is 1. The average Bonchev–Trinajstić information content (AvgIpc) is 2.80. The zero-order valence-electron chi connectivity index (χ0n) is 14.5. The lowest BCUT2D eigenvalue weighted by Gasteiger charge is -2.13. The van der Waals surface area contributed by atoms with E-state index in [1.165, 1.54) is 4.57 Å². The van der Waals surface area contributed by atoms with Gasteiger partial charge in [-0.3, -0.25) is 19.3 Å². The minimum Gasteiger partial charge on any atom is -0.494 e. The standard InChI is InChI=1S/C19H19N3O2S/c1-10-5-11(2)7-15(6-10)22-18(24)16(17(23)21-19(22)25)9-14-8-12(3)20-13(14)4/h5-9,24H,1-4H3,(H,21,23,25)/b14-9-. The number of aromatic hydroxyl groups is 1. The van der Waals surface area contributed by atoms with Crippen molar-refractivity contribution in [1.82, 2.24) is 9.55 Å². The topological polar surface area (TPSA) is 70.4 Å². The second kappa shape index (κ2) is 6.29. The number of benzene rings is 1. The summed E-state index contributed by atoms with van der Waals surface area (Å²) in [5.41, 5.74) is 4.98. The van der Waals surface area contributed by atoms with Gasteiger partial charge in [-0.05, 0) is 80.9 Å². The molecule has 0 saturated carbocycles. The number of aryl methyl sites for hydroxylation is 2. The molecule has 0 amide bonds. The minimum atomic E-state index is -0.429. The van der Waals surface area contributed by atoms with E-state index in [-0.39, 0.29) is 16.2 Å². The summed E-state index contributed by atoms with van der Waals surface area (Å²) in [6.07, 6.45) is 3.51. The number of rotatable bonds is 2. The molecule has 25 heavy (non-hydrogen) atoms. The molecule has 6 heteroatoms. The van der Waals surface area contributed by atoms with Gasteiger partial charge in [0.15, 0.2) is 4.77 Å². The normalized spacial score (nSPS) is 15.4. The quantitative estimate of drug-likeness (QED) is 0.802. The van der Waals surface area contributed by atoms with E-state index < -0.39 is 5.56 Å². The molecule has 0 saturated heterocycles. The summed E-state index contributed by atoms with van der Waals surface area (Å²) < 4.78 is 1.62. The van der Waals surface area contributed by atoms with Crippen molar-refractivity contribution in [3.05, 3.63) is 67.4 Å². The monoisotopic (exact) mass is 353 g/mol. The highest BCUT2D eigenvalue weighted by Crippen LogP contribution is 2.25. The lowest BCUT2D eigenvalue weighted by molar-refractivity contribution is 0.432. The Labute approximate surface area is 150 Å². The molecular formula is C19H19N3O2S. The van der Waals surface area contributed by atoms with E-state index in [0.29, 0.717) is 5.69 Å². The van der Waals surface area contributed by atoms with Crippen LogP contribution >= 0.6 is 12.2 Å². The Kier molecular flexibility index (Phi) is 4.30. The van der Waals surface area contributed by atoms with Gasteiger partial charge < -0.3 is 5.11 Å². The second-order valence-electron chi connectivity index (χ2n) is 6.26. The second-order valence-corrected chi connectivity index (χ2v) is 6.65. The van der Waals surface area contributed by atoms with Crippen LogP contribution < -0.4 is 5.56 Å². The van der Waals surface area contributed by atoms with Crippen LogP contribution in [0, 0.1) is 18.6 Å². The van der Waals surface area contributed by atoms with Crippen LogP contribution in [0.2, 0.25) is 0 Å². The summed E-state index contributed by atoms with van der Waals surface area (Å²) in [6, 6.07) is 5.85. The fourth-order valence-electron chi connectivity index (χ4n) is 2.98. The Morgan fingerprint density at radius 2 is 1.80 bits per heavy atom. The fourth-order valence-corrected chi connectivity index (χ4v) is 3.26. The van der Waals surface area contributed by atoms with Gasteiger partial charge in [-0.1, -0.05) is 6.07 Å². The van der Waals surface area contributed by atoms with E-state index in [4.69, 9.17) is 12.2 Å². The smallest absolute Gasteiger partial charge is 0.262 e. The maximum Gasteiger partial charge on any atom is 0.262 e. The molecule has 0 unspecified atom stereocenters. The number of H-pyrrole nitrogens is 1. The van der Waals surface area contributed by atoms with Gasteiger partial charge in [0.05, 0.1) is 5.69 Å². The van der Waals surface area contributed by atoms with Crippen molar-refractivity contribution in [2.75, 3.05) is 0 Å². The van der Waals surface area contributed by atoms with Crippen LogP contribution in [-0.4, -0.2) is 20.4 Å². The van der Waals surface area contributed by atoms with Gasteiger partial charge in [0.1, 0.15) is 5.56 Å². The number of aromatic nitrogens is 2. The van der Waals surface area contributed by atoms with Gasteiger partial charge in [0, 0.05) is 11.4 Å². The largest absolute Gasteiger partial charge is 0.494 e. The van der Waals surface area contributed by atoms with Crippen molar-refractivity contribution >= 4 is 24.0 Å². The zero-order valence-corrected chi connectivity index (χ0v) is 15.4. The molecule has 1 aliphatic heterocycles. The van der Waals surface area contributed by atoms with Gasteiger partial charge >= 0.3 is 0 Å². The van der Waals surface area contributed by atoms with Crippen LogP contribution in [0.15, 0.2) is 45.3 Å². The van der Waals surface area contributed by atoms with Crippen LogP contribution in [0.5, 0.6) is 5.88 Å². The molecule has 128 valence electrons. The summed E-state index contributed by atoms with van der Waals surface area (Å²) in [7, 11) is 0. The molecule has 1 aromatic carbocycles. The molecule has 2 aromatic rings. The number of hydrogen-bond donors (Lipinski definition) is 2. The van der Waals surface area contributed by atoms with Gasteiger partial charge in [-0.25, -0.2) is 0 Å². The summed E-state index contributed by atoms with van der Waals surface area (Å²) in [5, 5.41) is 10.8. The van der Waals surface area contributed by atoms with Crippen molar-refractivity contribution in [2.24, 2.45) is 4.99 Å². The molecule has 2 heterocycles. The highest BCUT2D eigenvalue weighted by atomic mass is 32.1. The van der Waals surface area contributed by atoms with Crippen LogP contribution in [0.4, 0.5) is 0 Å². The van der Waals surface area contributed by atoms with Crippen LogP contribution in [0.25, 0.3) is 11.8 Å². The Bertz CT molecular complexity index is 1060. The van der Waals surface area contributed by atoms with E-state index in [1.54, 1.807) is 6.08 Å². The van der Waals surface area contributed by atoms with Crippen molar-refractivity contribution in [3.8, 4) is 11.6 Å². The Balaban J connectivity index is 2.27. The third kappa shape index (κ3) is 3.25. The first-order chi connectivity index (χ1) is 11.8. The minimum absolute atomic E-state index is 0.151. The maximum absolute atomic E-state index is 12.4. The van der Waals surface area contributed by atoms with Gasteiger partial charge in [-0.2, -0.15) is 0 Å². The van der Waals surface area contributed by atoms with Gasteiger partial charge in [0.25, 0.3) is 5.56 Å². The maximum atomic E-state index is 12.4. The number of allylic oxidation sites excluding steroid dienone is 3. The molecule has 1 aliphatic rings. The molecule has 0 fully saturated rings. The first-order valence-electron chi connectivity index (χ1n) is 7.89. The zero-order chi connectivity index (χ0) is 18.3. The summed E-state index contributed by atoms with van der Waals surface area (Å²) in [6.45, 7) is 7.69. The first kappa shape index (κ1) is 17.1. The van der Waals surface area contributed by atoms with Gasteiger partial charge in [0.2, 0.25) is 5.88 Å². The van der Waals surface area contributed by atoms with Crippen molar-refractivity contribution in [1.29, 1.82) is 0 Å². The molecule has 1 aromatic heterocycles. The molecule has 3 rings (SSSR count). The number of hydrogen-bond acceptors (Lipinski definition) is 4. The average molecular weight is 353 g/mol. The van der Waals surface area contributed by atoms with E-state index in [2.05, 4.69) is 9.98 Å². The molecular weight excluding hydrogens is 334 g/mol. The van der Waals surface area contributed by atoms with Gasteiger partial charge in [-0.15, -0.1) is 0 Å². The molecule has 0 atom stereocenters. The lowest BCUT2D eigenvalue weighted by Crippen LogP contribution is -2.16.